The van der Waals surface area contributed by atoms with Crippen molar-refractivity contribution in [3.8, 4) is 0 Å². The Balaban J connectivity index is 1.35. The summed E-state index contributed by atoms with van der Waals surface area (Å²) >= 11 is 0. The molecule has 3 fully saturated rings. The fourth-order valence-electron chi connectivity index (χ4n) is 4.70. The number of aromatic nitrogens is 2. The van der Waals surface area contributed by atoms with E-state index in [0.29, 0.717) is 0 Å². The summed E-state index contributed by atoms with van der Waals surface area (Å²) in [6.07, 6.45) is -3.12. The molecule has 0 bridgehead atoms. The molecule has 1 N–H and O–H groups in total. The van der Waals surface area contributed by atoms with E-state index in [9.17, 15) is 4.79 Å². The highest BCUT2D eigenvalue weighted by Gasteiger charge is 2.62. The Hall–Kier alpha value is -2.04. The number of rotatable bonds is 4. The monoisotopic (exact) mass is 431 g/mol. The van der Waals surface area contributed by atoms with Crippen LogP contribution < -0.4 is 5.32 Å². The number of hydrogen-bond acceptors (Lipinski definition) is 7. The van der Waals surface area contributed by atoms with Gasteiger partial charge in [0.1, 0.15) is 24.1 Å². The molecule has 5 atom stereocenters. The first-order valence-electron chi connectivity index (χ1n) is 10.8. The SMILES string of the molecule is CCn1c(CNC(=O)C2OC3OC(C)(C)OC3C3OC(C)(C)OC23)nc2ccccc21. The summed E-state index contributed by atoms with van der Waals surface area (Å²) in [6.45, 7) is 10.4. The quantitative estimate of drug-likeness (QED) is 0.792. The molecule has 3 aliphatic rings. The molecule has 9 nitrogen and oxygen atoms in total. The van der Waals surface area contributed by atoms with Gasteiger partial charge in [0, 0.05) is 6.54 Å². The second-order valence-corrected chi connectivity index (χ2v) is 9.07. The Morgan fingerprint density at radius 1 is 1.03 bits per heavy atom. The van der Waals surface area contributed by atoms with Gasteiger partial charge in [-0.3, -0.25) is 4.79 Å². The lowest BCUT2D eigenvalue weighted by molar-refractivity contribution is -0.231. The molecule has 1 aromatic heterocycles. The molecule has 5 rings (SSSR count). The molecule has 3 saturated heterocycles. The highest BCUT2D eigenvalue weighted by molar-refractivity contribution is 5.82. The van der Waals surface area contributed by atoms with E-state index in [1.54, 1.807) is 0 Å². The van der Waals surface area contributed by atoms with E-state index in [4.69, 9.17) is 23.7 Å². The van der Waals surface area contributed by atoms with Gasteiger partial charge in [-0.1, -0.05) is 12.1 Å². The van der Waals surface area contributed by atoms with E-state index < -0.39 is 42.3 Å². The number of aryl methyl sites for hydroxylation is 1. The van der Waals surface area contributed by atoms with Crippen LogP contribution in [0.3, 0.4) is 0 Å². The minimum absolute atomic E-state index is 0.278. The third kappa shape index (κ3) is 3.64. The average Bonchev–Trinajstić information content (AvgIpc) is 3.33. The van der Waals surface area contributed by atoms with Crippen molar-refractivity contribution in [1.29, 1.82) is 0 Å². The van der Waals surface area contributed by atoms with E-state index in [1.165, 1.54) is 0 Å². The summed E-state index contributed by atoms with van der Waals surface area (Å²) in [5.41, 5.74) is 1.94. The molecule has 0 aliphatic carbocycles. The van der Waals surface area contributed by atoms with Crippen LogP contribution in [0.2, 0.25) is 0 Å². The minimum atomic E-state index is -0.884. The van der Waals surface area contributed by atoms with Gasteiger partial charge in [-0.05, 0) is 46.8 Å². The Morgan fingerprint density at radius 3 is 2.48 bits per heavy atom. The van der Waals surface area contributed by atoms with Crippen LogP contribution in [0, 0.1) is 0 Å². The van der Waals surface area contributed by atoms with Gasteiger partial charge in [0.2, 0.25) is 0 Å². The zero-order valence-electron chi connectivity index (χ0n) is 18.5. The predicted molar refractivity (Wildman–Crippen MR) is 110 cm³/mol. The van der Waals surface area contributed by atoms with Crippen molar-refractivity contribution >= 4 is 16.9 Å². The molecule has 0 radical (unpaired) electrons. The van der Waals surface area contributed by atoms with Crippen LogP contribution in [0.1, 0.15) is 40.4 Å². The minimum Gasteiger partial charge on any atom is -0.347 e. The van der Waals surface area contributed by atoms with Crippen molar-refractivity contribution in [2.24, 2.45) is 0 Å². The number of fused-ring (bicyclic) bond motifs is 4. The number of carbonyl (C=O) groups is 1. The molecule has 0 spiro atoms. The van der Waals surface area contributed by atoms with Crippen molar-refractivity contribution < 1.29 is 28.5 Å². The zero-order valence-corrected chi connectivity index (χ0v) is 18.5. The lowest BCUT2D eigenvalue weighted by Crippen LogP contribution is -2.59. The second kappa shape index (κ2) is 7.25. The summed E-state index contributed by atoms with van der Waals surface area (Å²) in [5, 5.41) is 2.97. The lowest BCUT2D eigenvalue weighted by Gasteiger charge is -2.36. The van der Waals surface area contributed by atoms with E-state index >= 15 is 0 Å². The van der Waals surface area contributed by atoms with Crippen LogP contribution in [0.25, 0.3) is 11.0 Å². The van der Waals surface area contributed by atoms with Crippen LogP contribution in [-0.2, 0) is 41.6 Å². The molecular weight excluding hydrogens is 402 g/mol. The number of nitrogens with zero attached hydrogens (tertiary/aromatic N) is 2. The van der Waals surface area contributed by atoms with Crippen LogP contribution in [0.15, 0.2) is 24.3 Å². The largest absolute Gasteiger partial charge is 0.347 e. The van der Waals surface area contributed by atoms with Crippen LogP contribution in [0.5, 0.6) is 0 Å². The third-order valence-corrected chi connectivity index (χ3v) is 5.88. The average molecular weight is 431 g/mol. The van der Waals surface area contributed by atoms with Gasteiger partial charge in [-0.2, -0.15) is 0 Å². The third-order valence-electron chi connectivity index (χ3n) is 5.88. The predicted octanol–water partition coefficient (Wildman–Crippen LogP) is 2.07. The van der Waals surface area contributed by atoms with E-state index in [2.05, 4.69) is 21.8 Å². The number of ether oxygens (including phenoxy) is 5. The fraction of sp³-hybridized carbons (Fsp3) is 0.636. The summed E-state index contributed by atoms with van der Waals surface area (Å²) in [5.74, 6) is -1.18. The maximum absolute atomic E-state index is 13.2. The molecule has 1 amide bonds. The first-order chi connectivity index (χ1) is 14.7. The van der Waals surface area contributed by atoms with Crippen molar-refractivity contribution in [3.05, 3.63) is 30.1 Å². The number of para-hydroxylation sites is 2. The second-order valence-electron chi connectivity index (χ2n) is 9.07. The molecule has 4 heterocycles. The van der Waals surface area contributed by atoms with Crippen LogP contribution in [0.4, 0.5) is 0 Å². The Morgan fingerprint density at radius 2 is 1.71 bits per heavy atom. The van der Waals surface area contributed by atoms with Gasteiger partial charge in [0.05, 0.1) is 17.6 Å². The summed E-state index contributed by atoms with van der Waals surface area (Å²) in [4.78, 5) is 17.9. The maximum Gasteiger partial charge on any atom is 0.252 e. The summed E-state index contributed by atoms with van der Waals surface area (Å²) in [6, 6.07) is 7.92. The summed E-state index contributed by atoms with van der Waals surface area (Å²) in [7, 11) is 0. The molecule has 5 unspecified atom stereocenters. The highest BCUT2D eigenvalue weighted by atomic mass is 16.9. The first-order valence-corrected chi connectivity index (χ1v) is 10.8. The van der Waals surface area contributed by atoms with Gasteiger partial charge in [-0.25, -0.2) is 4.98 Å². The van der Waals surface area contributed by atoms with Crippen LogP contribution >= 0.6 is 0 Å². The van der Waals surface area contributed by atoms with Gasteiger partial charge in [0.25, 0.3) is 5.91 Å². The molecule has 1 aromatic carbocycles. The molecule has 31 heavy (non-hydrogen) atoms. The molecule has 3 aliphatic heterocycles. The van der Waals surface area contributed by atoms with Gasteiger partial charge in [0.15, 0.2) is 24.0 Å². The Bertz CT molecular complexity index is 1000. The number of hydrogen-bond donors (Lipinski definition) is 1. The van der Waals surface area contributed by atoms with Crippen molar-refractivity contribution in [2.45, 2.75) is 90.0 Å². The van der Waals surface area contributed by atoms with Crippen LogP contribution in [-0.4, -0.2) is 57.7 Å². The number of nitrogens with one attached hydrogen (secondary N) is 1. The topological polar surface area (TPSA) is 93.1 Å². The Labute approximate surface area is 180 Å². The number of benzene rings is 1. The standard InChI is InChI=1S/C22H29N3O6/c1-6-25-13-10-8-7-9-12(13)24-14(25)11-23-19(26)17-15-16(29-21(2,3)28-15)18-20(27-17)31-22(4,5)30-18/h7-10,15-18,20H,6,11H2,1-5H3,(H,23,26). The van der Waals surface area contributed by atoms with Crippen molar-refractivity contribution in [3.63, 3.8) is 0 Å². The molecule has 0 saturated carbocycles. The number of amides is 1. The van der Waals surface area contributed by atoms with E-state index in [1.807, 2.05) is 52.0 Å². The zero-order chi connectivity index (χ0) is 22.0. The molecule has 2 aromatic rings. The lowest BCUT2D eigenvalue weighted by atomic mass is 9.98. The number of carbonyl (C=O) groups excluding carboxylic acids is 1. The summed E-state index contributed by atoms with van der Waals surface area (Å²) < 4.78 is 32.1. The van der Waals surface area contributed by atoms with Gasteiger partial charge in [-0.15, -0.1) is 0 Å². The Kier molecular flexibility index (Phi) is 4.87. The number of imidazole rings is 1. The molecular formula is C22H29N3O6. The van der Waals surface area contributed by atoms with Crippen molar-refractivity contribution in [1.82, 2.24) is 14.9 Å². The van der Waals surface area contributed by atoms with E-state index in [-0.39, 0.29) is 12.5 Å². The fourth-order valence-corrected chi connectivity index (χ4v) is 4.70. The van der Waals surface area contributed by atoms with E-state index in [0.717, 1.165) is 23.4 Å². The molecule has 9 heteroatoms. The maximum atomic E-state index is 13.2. The smallest absolute Gasteiger partial charge is 0.252 e. The molecule has 168 valence electrons. The van der Waals surface area contributed by atoms with Crippen molar-refractivity contribution in [2.75, 3.05) is 0 Å². The first kappa shape index (κ1) is 20.8. The normalized spacial score (nSPS) is 33.3. The van der Waals surface area contributed by atoms with Gasteiger partial charge >= 0.3 is 0 Å². The van der Waals surface area contributed by atoms with Gasteiger partial charge < -0.3 is 33.6 Å². The highest BCUT2D eigenvalue weighted by Crippen LogP contribution is 2.44.